The smallest absolute Gasteiger partial charge is 0.246 e. The van der Waals surface area contributed by atoms with Gasteiger partial charge in [-0.25, -0.2) is 0 Å². The molecule has 0 aliphatic carbocycles. The summed E-state index contributed by atoms with van der Waals surface area (Å²) in [6, 6.07) is 6.76. The van der Waals surface area contributed by atoms with Gasteiger partial charge in [0.1, 0.15) is 12.3 Å². The molecule has 0 unspecified atom stereocenters. The monoisotopic (exact) mass is 410 g/mol. The van der Waals surface area contributed by atoms with Crippen LogP contribution in [0.4, 0.5) is 0 Å². The minimum atomic E-state index is -0.570. The second-order valence-electron chi connectivity index (χ2n) is 8.43. The van der Waals surface area contributed by atoms with Crippen molar-refractivity contribution >= 4 is 29.0 Å². The number of rotatable bonds is 6. The summed E-state index contributed by atoms with van der Waals surface area (Å²) in [6.45, 7) is 0. The number of hydrogen-bond donors (Lipinski definition) is 3. The Morgan fingerprint density at radius 1 is 1.23 bits per heavy atom. The van der Waals surface area contributed by atoms with Crippen LogP contribution in [0.2, 0.25) is 0 Å². The van der Waals surface area contributed by atoms with Crippen molar-refractivity contribution in [1.82, 2.24) is 20.5 Å². The second-order valence-corrected chi connectivity index (χ2v) is 8.43. The largest absolute Gasteiger partial charge is 0.361 e. The number of fused-ring (bicyclic) bond motifs is 2. The molecule has 2 amide bonds. The predicted molar refractivity (Wildman–Crippen MR) is 115 cm³/mol. The molecule has 2 fully saturated rings. The van der Waals surface area contributed by atoms with Crippen molar-refractivity contribution in [3.8, 4) is 0 Å². The maximum Gasteiger partial charge on any atom is 0.246 e. The summed E-state index contributed by atoms with van der Waals surface area (Å²) < 4.78 is 0. The summed E-state index contributed by atoms with van der Waals surface area (Å²) >= 11 is 0. The van der Waals surface area contributed by atoms with Crippen LogP contribution in [0.15, 0.2) is 30.5 Å². The van der Waals surface area contributed by atoms with Crippen LogP contribution in [0.5, 0.6) is 0 Å². The van der Waals surface area contributed by atoms with Crippen LogP contribution in [0.1, 0.15) is 44.1 Å². The minimum Gasteiger partial charge on any atom is -0.361 e. The third-order valence-electron chi connectivity index (χ3n) is 6.62. The molecule has 7 nitrogen and oxygen atoms in total. The topological polar surface area (TPSA) is 94.3 Å². The van der Waals surface area contributed by atoms with Crippen LogP contribution in [0.25, 0.3) is 10.9 Å². The Labute approximate surface area is 176 Å². The van der Waals surface area contributed by atoms with E-state index in [1.54, 1.807) is 11.9 Å². The van der Waals surface area contributed by atoms with Gasteiger partial charge in [0.05, 0.1) is 12.1 Å². The minimum absolute atomic E-state index is 0.107. The number of carbonyl (C=O) groups excluding carboxylic acids is 3. The number of hydrogen-bond acceptors (Lipinski definition) is 4. The molecule has 2 aromatic rings. The van der Waals surface area contributed by atoms with Gasteiger partial charge in [-0.3, -0.25) is 9.59 Å². The Balaban J connectivity index is 1.47. The molecule has 4 atom stereocenters. The van der Waals surface area contributed by atoms with Crippen molar-refractivity contribution in [3.63, 3.8) is 0 Å². The van der Waals surface area contributed by atoms with E-state index in [0.29, 0.717) is 12.8 Å². The highest BCUT2D eigenvalue weighted by Crippen LogP contribution is 2.30. The molecular formula is C23H30N4O3. The van der Waals surface area contributed by atoms with Gasteiger partial charge in [-0.05, 0) is 50.8 Å². The van der Waals surface area contributed by atoms with Gasteiger partial charge in [-0.1, -0.05) is 31.0 Å². The Morgan fingerprint density at radius 3 is 2.83 bits per heavy atom. The van der Waals surface area contributed by atoms with Gasteiger partial charge in [0.25, 0.3) is 0 Å². The Morgan fingerprint density at radius 2 is 2.03 bits per heavy atom. The number of aromatic nitrogens is 1. The average molecular weight is 411 g/mol. The second kappa shape index (κ2) is 9.00. The summed E-state index contributed by atoms with van der Waals surface area (Å²) in [7, 11) is 1.76. The first-order chi connectivity index (χ1) is 14.6. The van der Waals surface area contributed by atoms with E-state index in [9.17, 15) is 14.4 Å². The molecule has 3 heterocycles. The molecule has 2 aliphatic heterocycles. The van der Waals surface area contributed by atoms with Gasteiger partial charge >= 0.3 is 0 Å². The number of amides is 2. The van der Waals surface area contributed by atoms with E-state index in [4.69, 9.17) is 0 Å². The van der Waals surface area contributed by atoms with Gasteiger partial charge in [-0.2, -0.15) is 0 Å². The number of carbonyl (C=O) groups is 3. The Kier molecular flexibility index (Phi) is 6.18. The highest BCUT2D eigenvalue weighted by atomic mass is 16.2. The quantitative estimate of drug-likeness (QED) is 0.634. The van der Waals surface area contributed by atoms with E-state index in [2.05, 4.69) is 15.6 Å². The lowest BCUT2D eigenvalue weighted by molar-refractivity contribution is -0.141. The van der Waals surface area contributed by atoms with Crippen molar-refractivity contribution in [2.24, 2.45) is 0 Å². The van der Waals surface area contributed by atoms with Crippen LogP contribution in [-0.2, 0) is 20.8 Å². The molecule has 7 heteroatoms. The summed E-state index contributed by atoms with van der Waals surface area (Å²) in [5, 5.41) is 7.18. The molecule has 0 bridgehead atoms. The number of aldehydes is 1. The number of H-pyrrole nitrogens is 1. The molecule has 0 spiro atoms. The zero-order chi connectivity index (χ0) is 21.1. The standard InChI is InChI=1S/C23H30N4O3/c1-24-21(12-15-13-25-19-8-5-3-7-18(15)19)22(29)26-20-9-4-2-6-16-10-11-17(14-28)27(16)23(20)30/h3,5,7-8,13-14,16-17,20-21,24-25H,2,4,6,9-12H2,1H3,(H,26,29)/t16-,17-,20-,21-/m0/s1. The van der Waals surface area contributed by atoms with E-state index in [-0.39, 0.29) is 23.9 Å². The van der Waals surface area contributed by atoms with E-state index >= 15 is 0 Å². The summed E-state index contributed by atoms with van der Waals surface area (Å²) in [5.41, 5.74) is 2.10. The lowest BCUT2D eigenvalue weighted by Gasteiger charge is -2.34. The van der Waals surface area contributed by atoms with Crippen LogP contribution in [-0.4, -0.2) is 59.2 Å². The molecule has 2 saturated heterocycles. The van der Waals surface area contributed by atoms with Crippen molar-refractivity contribution in [3.05, 3.63) is 36.0 Å². The SMILES string of the molecule is CN[C@@H](Cc1c[nH]c2ccccc12)C(=O)N[C@H]1CCCC[C@H]2CC[C@@H](C=O)N2C1=O. The molecule has 160 valence electrons. The molecule has 2 aliphatic rings. The van der Waals surface area contributed by atoms with Crippen molar-refractivity contribution in [2.45, 2.75) is 69.1 Å². The summed E-state index contributed by atoms with van der Waals surface area (Å²) in [4.78, 5) is 42.7. The number of nitrogens with one attached hydrogen (secondary N) is 3. The fourth-order valence-electron chi connectivity index (χ4n) is 4.96. The normalized spacial score (nSPS) is 25.4. The first-order valence-electron chi connectivity index (χ1n) is 10.9. The van der Waals surface area contributed by atoms with Crippen LogP contribution >= 0.6 is 0 Å². The van der Waals surface area contributed by atoms with Crippen LogP contribution in [0.3, 0.4) is 0 Å². The van der Waals surface area contributed by atoms with E-state index in [0.717, 1.165) is 54.9 Å². The van der Waals surface area contributed by atoms with Gasteiger partial charge in [-0.15, -0.1) is 0 Å². The number of benzene rings is 1. The van der Waals surface area contributed by atoms with E-state index in [1.807, 2.05) is 30.5 Å². The Hall–Kier alpha value is -2.67. The maximum absolute atomic E-state index is 13.2. The fraction of sp³-hybridized carbons (Fsp3) is 0.522. The molecule has 30 heavy (non-hydrogen) atoms. The first-order valence-corrected chi connectivity index (χ1v) is 10.9. The van der Waals surface area contributed by atoms with E-state index in [1.165, 1.54) is 0 Å². The fourth-order valence-corrected chi connectivity index (χ4v) is 4.96. The van der Waals surface area contributed by atoms with Gasteiger partial charge < -0.3 is 25.3 Å². The van der Waals surface area contributed by atoms with Crippen LogP contribution in [0, 0.1) is 0 Å². The number of para-hydroxylation sites is 1. The number of nitrogens with zero attached hydrogens (tertiary/aromatic N) is 1. The Bertz CT molecular complexity index is 924. The van der Waals surface area contributed by atoms with E-state index < -0.39 is 12.1 Å². The van der Waals surface area contributed by atoms with Crippen molar-refractivity contribution in [2.75, 3.05) is 7.05 Å². The summed E-state index contributed by atoms with van der Waals surface area (Å²) in [5.74, 6) is -0.287. The highest BCUT2D eigenvalue weighted by molar-refractivity contribution is 5.92. The highest BCUT2D eigenvalue weighted by Gasteiger charge is 2.41. The zero-order valence-corrected chi connectivity index (χ0v) is 17.4. The first kappa shape index (κ1) is 20.6. The van der Waals surface area contributed by atoms with Crippen LogP contribution < -0.4 is 10.6 Å². The molecule has 0 saturated carbocycles. The molecule has 1 aromatic heterocycles. The lowest BCUT2D eigenvalue weighted by Crippen LogP contribution is -2.56. The van der Waals surface area contributed by atoms with Gasteiger partial charge in [0.2, 0.25) is 11.8 Å². The maximum atomic E-state index is 13.2. The average Bonchev–Trinajstić information content (AvgIpc) is 3.36. The predicted octanol–water partition coefficient (Wildman–Crippen LogP) is 1.92. The van der Waals surface area contributed by atoms with Gasteiger partial charge in [0, 0.05) is 23.1 Å². The third kappa shape index (κ3) is 3.99. The zero-order valence-electron chi connectivity index (χ0n) is 17.4. The molecular weight excluding hydrogens is 380 g/mol. The van der Waals surface area contributed by atoms with Crippen molar-refractivity contribution < 1.29 is 14.4 Å². The van der Waals surface area contributed by atoms with Crippen molar-refractivity contribution in [1.29, 1.82) is 0 Å². The number of aromatic amines is 1. The molecule has 0 radical (unpaired) electrons. The summed E-state index contributed by atoms with van der Waals surface area (Å²) in [6.07, 6.45) is 8.40. The number of likely N-dealkylation sites (N-methyl/N-ethyl adjacent to an activating group) is 1. The third-order valence-corrected chi connectivity index (χ3v) is 6.62. The lowest BCUT2D eigenvalue weighted by atomic mass is 9.98. The molecule has 4 rings (SSSR count). The molecule has 3 N–H and O–H groups in total. The molecule has 1 aromatic carbocycles. The van der Waals surface area contributed by atoms with Gasteiger partial charge in [0.15, 0.2) is 0 Å².